The average molecular weight is 540 g/mol. The second-order valence-corrected chi connectivity index (χ2v) is 10.2. The molecule has 6 aromatic rings. The van der Waals surface area contributed by atoms with E-state index in [-0.39, 0.29) is 16.9 Å². The predicted molar refractivity (Wildman–Crippen MR) is 159 cm³/mol. The number of nitrogens with two attached hydrogens (primary N) is 1. The first-order valence-corrected chi connectivity index (χ1v) is 12.9. The minimum atomic E-state index is -1.02. The summed E-state index contributed by atoms with van der Waals surface area (Å²) in [7, 11) is 3.66. The van der Waals surface area contributed by atoms with Crippen molar-refractivity contribution in [1.82, 2.24) is 34.3 Å². The lowest BCUT2D eigenvalue weighted by molar-refractivity contribution is 0.0931. The zero-order chi connectivity index (χ0) is 28.7. The van der Waals surface area contributed by atoms with E-state index < -0.39 is 11.3 Å². The third kappa shape index (κ3) is 4.61. The highest BCUT2D eigenvalue weighted by Gasteiger charge is 2.31. The predicted octanol–water partition coefficient (Wildman–Crippen LogP) is 1.98. The van der Waals surface area contributed by atoms with Crippen molar-refractivity contribution in [3.8, 4) is 17.5 Å². The number of amides is 1. The minimum Gasteiger partial charge on any atom is -0.381 e. The maximum atomic E-state index is 14.3. The summed E-state index contributed by atoms with van der Waals surface area (Å²) >= 11 is 0. The number of para-hydroxylation sites is 1. The normalized spacial score (nSPS) is 12.5. The molecule has 0 aliphatic carbocycles. The van der Waals surface area contributed by atoms with E-state index in [0.29, 0.717) is 33.4 Å². The highest BCUT2D eigenvalue weighted by atomic mass is 16.2. The highest BCUT2D eigenvalue weighted by molar-refractivity contribution is 6.18. The highest BCUT2D eigenvalue weighted by Crippen LogP contribution is 2.26. The second-order valence-electron chi connectivity index (χ2n) is 10.2. The Bertz CT molecular complexity index is 2080. The van der Waals surface area contributed by atoms with Gasteiger partial charge >= 0.3 is 0 Å². The van der Waals surface area contributed by atoms with Gasteiger partial charge in [0.05, 0.1) is 17.1 Å². The first-order valence-electron chi connectivity index (χ1n) is 12.9. The van der Waals surface area contributed by atoms with Crippen molar-refractivity contribution in [2.24, 2.45) is 7.05 Å². The molecule has 0 spiro atoms. The van der Waals surface area contributed by atoms with Gasteiger partial charge in [0.15, 0.2) is 11.5 Å². The largest absolute Gasteiger partial charge is 0.381 e. The molecule has 3 N–H and O–H groups in total. The standard InChI is InChI=1S/C30H25BN8O2/c1-30(31,35-28(40)25-26(32)36-38-15-7-14-33-27(25)38)23-16-21-9-6-8-20(13-12-19-17-34-37(2)18-19)24(21)29(41)39(23)22-10-4-3-5-11-22/h3-11,14-18H,31H2,1-2H3,(H2,32,36)(H,35,40)/t30-/m0/s1. The Morgan fingerprint density at radius 3 is 2.66 bits per heavy atom. The Morgan fingerprint density at radius 2 is 1.90 bits per heavy atom. The van der Waals surface area contributed by atoms with Crippen LogP contribution in [0, 0.1) is 11.8 Å². The summed E-state index contributed by atoms with van der Waals surface area (Å²) in [6.07, 6.45) is 6.74. The maximum Gasteiger partial charge on any atom is 0.264 e. The zero-order valence-electron chi connectivity index (χ0n) is 22.7. The number of rotatable bonds is 4. The number of hydrogen-bond acceptors (Lipinski definition) is 6. The molecule has 0 aliphatic heterocycles. The molecule has 0 saturated carbocycles. The molecule has 6 rings (SSSR count). The van der Waals surface area contributed by atoms with E-state index in [1.54, 1.807) is 33.9 Å². The van der Waals surface area contributed by atoms with E-state index in [0.717, 1.165) is 5.56 Å². The first kappa shape index (κ1) is 25.6. The number of carbonyl (C=O) groups is 1. The van der Waals surface area contributed by atoms with Gasteiger partial charge in [0.25, 0.3) is 11.5 Å². The minimum absolute atomic E-state index is 0.0628. The molecule has 1 amide bonds. The van der Waals surface area contributed by atoms with E-state index in [4.69, 9.17) is 5.73 Å². The molecule has 0 fully saturated rings. The summed E-state index contributed by atoms with van der Waals surface area (Å²) in [6.45, 7) is 1.84. The third-order valence-corrected chi connectivity index (χ3v) is 6.82. The monoisotopic (exact) mass is 540 g/mol. The van der Waals surface area contributed by atoms with Crippen molar-refractivity contribution in [2.45, 2.75) is 12.4 Å². The third-order valence-electron chi connectivity index (χ3n) is 6.82. The number of aryl methyl sites for hydroxylation is 1. The lowest BCUT2D eigenvalue weighted by Crippen LogP contribution is -2.47. The number of pyridine rings is 1. The number of nitrogens with one attached hydrogen (secondary N) is 1. The molecule has 200 valence electrons. The molecule has 0 bridgehead atoms. The summed E-state index contributed by atoms with van der Waals surface area (Å²) < 4.78 is 4.76. The number of benzene rings is 2. The lowest BCUT2D eigenvalue weighted by atomic mass is 9.75. The smallest absolute Gasteiger partial charge is 0.264 e. The Kier molecular flexibility index (Phi) is 6.16. The first-order chi connectivity index (χ1) is 19.7. The second kappa shape index (κ2) is 9.84. The molecule has 0 unspecified atom stereocenters. The van der Waals surface area contributed by atoms with Crippen LogP contribution in [0.5, 0.6) is 0 Å². The van der Waals surface area contributed by atoms with Crippen LogP contribution in [0.2, 0.25) is 0 Å². The Morgan fingerprint density at radius 1 is 1.10 bits per heavy atom. The van der Waals surface area contributed by atoms with Crippen LogP contribution >= 0.6 is 0 Å². The summed E-state index contributed by atoms with van der Waals surface area (Å²) in [5.74, 6) is 5.86. The molecule has 10 nitrogen and oxygen atoms in total. The van der Waals surface area contributed by atoms with Gasteiger partial charge in [-0.25, -0.2) is 9.50 Å². The Balaban J connectivity index is 1.52. The fourth-order valence-electron chi connectivity index (χ4n) is 4.92. The van der Waals surface area contributed by atoms with Crippen LogP contribution < -0.4 is 16.6 Å². The van der Waals surface area contributed by atoms with Gasteiger partial charge in [0.1, 0.15) is 13.4 Å². The number of nitrogens with zero attached hydrogens (tertiary/aromatic N) is 6. The molecule has 11 heteroatoms. The van der Waals surface area contributed by atoms with Gasteiger partial charge in [-0.3, -0.25) is 18.8 Å². The number of carbonyl (C=O) groups excluding carboxylic acids is 1. The van der Waals surface area contributed by atoms with Crippen LogP contribution in [-0.2, 0) is 12.5 Å². The van der Waals surface area contributed by atoms with E-state index >= 15 is 0 Å². The van der Waals surface area contributed by atoms with Crippen LogP contribution in [0.1, 0.15) is 34.1 Å². The van der Waals surface area contributed by atoms with Crippen LogP contribution in [0.4, 0.5) is 5.82 Å². The fraction of sp³-hybridized carbons (Fsp3) is 0.100. The Labute approximate surface area is 235 Å². The molecule has 4 aromatic heterocycles. The molecule has 1 atom stereocenters. The number of nitrogen functional groups attached to an aromatic ring is 1. The molecule has 2 aromatic carbocycles. The van der Waals surface area contributed by atoms with Gasteiger partial charge in [-0.1, -0.05) is 42.2 Å². The SMILES string of the molecule is B[C@@](C)(NC(=O)c1c(N)nn2cccnc12)c1cc2cccc(C#Cc3cnn(C)c3)c2c(=O)n1-c1ccccc1. The number of fused-ring (bicyclic) bond motifs is 2. The summed E-state index contributed by atoms with van der Waals surface area (Å²) in [4.78, 5) is 32.2. The zero-order valence-corrected chi connectivity index (χ0v) is 22.7. The molecule has 0 radical (unpaired) electrons. The van der Waals surface area contributed by atoms with Crippen LogP contribution in [0.15, 0.2) is 90.2 Å². The van der Waals surface area contributed by atoms with Gasteiger partial charge < -0.3 is 11.1 Å². The van der Waals surface area contributed by atoms with Crippen molar-refractivity contribution >= 4 is 36.0 Å². The van der Waals surface area contributed by atoms with E-state index in [9.17, 15) is 9.59 Å². The van der Waals surface area contributed by atoms with Crippen molar-refractivity contribution < 1.29 is 4.79 Å². The van der Waals surface area contributed by atoms with E-state index in [2.05, 4.69) is 32.3 Å². The molecule has 0 aliphatic rings. The van der Waals surface area contributed by atoms with Crippen LogP contribution in [0.3, 0.4) is 0 Å². The lowest BCUT2D eigenvalue weighted by Gasteiger charge is -2.30. The van der Waals surface area contributed by atoms with Gasteiger partial charge in [-0.05, 0) is 42.6 Å². The van der Waals surface area contributed by atoms with Gasteiger partial charge in [-0.15, -0.1) is 5.10 Å². The average Bonchev–Trinajstić information content (AvgIpc) is 3.53. The quantitative estimate of drug-likeness (QED) is 0.260. The van der Waals surface area contributed by atoms with E-state index in [1.807, 2.05) is 82.6 Å². The number of aromatic nitrogens is 6. The van der Waals surface area contributed by atoms with Gasteiger partial charge in [0.2, 0.25) is 0 Å². The van der Waals surface area contributed by atoms with Gasteiger partial charge in [0, 0.05) is 48.0 Å². The number of hydrogen-bond donors (Lipinski definition) is 2. The molecular weight excluding hydrogens is 515 g/mol. The topological polar surface area (TPSA) is 125 Å². The van der Waals surface area contributed by atoms with Crippen molar-refractivity contribution in [3.63, 3.8) is 0 Å². The van der Waals surface area contributed by atoms with E-state index in [1.165, 1.54) is 4.52 Å². The fourth-order valence-corrected chi connectivity index (χ4v) is 4.92. The van der Waals surface area contributed by atoms with Crippen LogP contribution in [-0.4, -0.2) is 42.7 Å². The molecule has 41 heavy (non-hydrogen) atoms. The van der Waals surface area contributed by atoms with Crippen LogP contribution in [0.25, 0.3) is 22.1 Å². The molecular formula is C30H25BN8O2. The molecule has 0 saturated heterocycles. The summed E-state index contributed by atoms with van der Waals surface area (Å²) in [5.41, 5.74) is 7.93. The Hall–Kier alpha value is -5.63. The summed E-state index contributed by atoms with van der Waals surface area (Å²) in [6, 6.07) is 18.5. The molecule has 4 heterocycles. The van der Waals surface area contributed by atoms with Crippen molar-refractivity contribution in [3.05, 3.63) is 118 Å². The van der Waals surface area contributed by atoms with Gasteiger partial charge in [-0.2, -0.15) is 5.10 Å². The summed E-state index contributed by atoms with van der Waals surface area (Å²) in [5, 5.41) is 12.6. The van der Waals surface area contributed by atoms with Crippen molar-refractivity contribution in [1.29, 1.82) is 0 Å². The van der Waals surface area contributed by atoms with Crippen molar-refractivity contribution in [2.75, 3.05) is 5.73 Å². The number of anilines is 1. The maximum absolute atomic E-state index is 14.3.